The smallest absolute Gasteiger partial charge is 0.304 e. The summed E-state index contributed by atoms with van der Waals surface area (Å²) in [6.07, 6.45) is 1.93. The summed E-state index contributed by atoms with van der Waals surface area (Å²) in [5.41, 5.74) is 8.73. The predicted molar refractivity (Wildman–Crippen MR) is 121 cm³/mol. The average molecular weight is 413 g/mol. The molecule has 0 bridgehead atoms. The number of nitrogens with one attached hydrogen (secondary N) is 2. The molecule has 156 valence electrons. The van der Waals surface area contributed by atoms with Crippen molar-refractivity contribution >= 4 is 18.0 Å². The van der Waals surface area contributed by atoms with Crippen LogP contribution in [0.4, 0.5) is 0 Å². The van der Waals surface area contributed by atoms with Crippen LogP contribution in [0.1, 0.15) is 44.2 Å². The van der Waals surface area contributed by atoms with Gasteiger partial charge in [0, 0.05) is 16.7 Å². The van der Waals surface area contributed by atoms with E-state index in [0.29, 0.717) is 5.56 Å². The summed E-state index contributed by atoms with van der Waals surface area (Å²) in [5, 5.41) is 2.95. The maximum atomic E-state index is 12.9. The maximum absolute atomic E-state index is 12.9. The van der Waals surface area contributed by atoms with Gasteiger partial charge in [-0.15, -0.1) is 10.1 Å². The Balaban J connectivity index is 1.71. The molecule has 4 rings (SSSR count). The monoisotopic (exact) mass is 412 g/mol. The summed E-state index contributed by atoms with van der Waals surface area (Å²) in [6.45, 7) is 6.02. The number of carbonyl (C=O) groups is 2. The molecule has 0 radical (unpaired) electrons. The second-order valence-corrected chi connectivity index (χ2v) is 8.04. The van der Waals surface area contributed by atoms with Crippen LogP contribution in [0.2, 0.25) is 0 Å². The average Bonchev–Trinajstić information content (AvgIpc) is 3.05. The summed E-state index contributed by atoms with van der Waals surface area (Å²) >= 11 is 0. The molecule has 0 spiro atoms. The van der Waals surface area contributed by atoms with E-state index in [-0.39, 0.29) is 17.9 Å². The highest BCUT2D eigenvalue weighted by Crippen LogP contribution is 2.26. The Morgan fingerprint density at radius 2 is 1.52 bits per heavy atom. The highest BCUT2D eigenvalue weighted by molar-refractivity contribution is 5.98. The minimum Gasteiger partial charge on any atom is -0.334 e. The zero-order chi connectivity index (χ0) is 22.0. The number of amides is 2. The zero-order valence-electron chi connectivity index (χ0n) is 17.9. The van der Waals surface area contributed by atoms with E-state index in [4.69, 9.17) is 0 Å². The first kappa shape index (κ1) is 20.5. The number of rotatable bonds is 4. The first-order chi connectivity index (χ1) is 14.9. The summed E-state index contributed by atoms with van der Waals surface area (Å²) < 4.78 is 1.80. The Morgan fingerprint density at radius 3 is 2.16 bits per heavy atom. The normalized spacial score (nSPS) is 19.3. The van der Waals surface area contributed by atoms with E-state index in [2.05, 4.69) is 10.7 Å². The number of aryl methyl sites for hydroxylation is 3. The molecule has 2 atom stereocenters. The minimum atomic E-state index is -0.725. The number of hydrazone groups is 1. The quantitative estimate of drug-likeness (QED) is 0.643. The lowest BCUT2D eigenvalue weighted by Gasteiger charge is -2.15. The summed E-state index contributed by atoms with van der Waals surface area (Å²) in [5.74, 6) is -0.508. The van der Waals surface area contributed by atoms with E-state index in [9.17, 15) is 9.59 Å². The van der Waals surface area contributed by atoms with Crippen LogP contribution in [0.3, 0.4) is 0 Å². The molecule has 1 fully saturated rings. The molecule has 3 aromatic carbocycles. The molecule has 3 aromatic rings. The van der Waals surface area contributed by atoms with Crippen LogP contribution in [0, 0.1) is 20.8 Å². The van der Waals surface area contributed by atoms with Crippen molar-refractivity contribution in [2.45, 2.75) is 32.9 Å². The number of carbonyl (C=O) groups excluding carboxylic acids is 2. The third-order valence-electron chi connectivity index (χ3n) is 5.62. The highest BCUT2D eigenvalue weighted by atomic mass is 16.2. The van der Waals surface area contributed by atoms with Crippen molar-refractivity contribution in [3.05, 3.63) is 106 Å². The van der Waals surface area contributed by atoms with E-state index in [1.807, 2.05) is 87.6 Å². The number of hydrazine groups is 1. The Labute approximate surface area is 182 Å². The molecule has 0 saturated carbocycles. The molecule has 5 heteroatoms. The number of nitrogens with zero attached hydrogens (tertiary/aromatic N) is 1. The third-order valence-corrected chi connectivity index (χ3v) is 5.62. The van der Waals surface area contributed by atoms with Crippen molar-refractivity contribution in [2.24, 2.45) is 0 Å². The fraction of sp³-hybridized carbons (Fsp3) is 0.192. The van der Waals surface area contributed by atoms with Crippen molar-refractivity contribution in [1.29, 1.82) is 0 Å². The van der Waals surface area contributed by atoms with Crippen molar-refractivity contribution < 1.29 is 14.3 Å². The molecule has 1 aliphatic rings. The lowest BCUT2D eigenvalue weighted by molar-refractivity contribution is -0.596. The molecule has 2 amide bonds. The predicted octanol–water partition coefficient (Wildman–Crippen LogP) is 3.63. The van der Waals surface area contributed by atoms with Gasteiger partial charge in [0.25, 0.3) is 5.91 Å². The van der Waals surface area contributed by atoms with Crippen LogP contribution >= 0.6 is 0 Å². The van der Waals surface area contributed by atoms with Crippen LogP contribution in [0.15, 0.2) is 72.8 Å². The Kier molecular flexibility index (Phi) is 5.67. The second-order valence-electron chi connectivity index (χ2n) is 8.04. The van der Waals surface area contributed by atoms with Crippen LogP contribution in [-0.4, -0.2) is 28.8 Å². The lowest BCUT2D eigenvalue weighted by atomic mass is 9.98. The highest BCUT2D eigenvalue weighted by Gasteiger charge is 2.47. The molecular formula is C26H26N3O2+. The van der Waals surface area contributed by atoms with Gasteiger partial charge in [0.05, 0.1) is 0 Å². The number of hydrogen-bond donors (Lipinski definition) is 2. The molecule has 2 N–H and O–H groups in total. The first-order valence-electron chi connectivity index (χ1n) is 10.4. The topological polar surface area (TPSA) is 61.2 Å². The second kappa shape index (κ2) is 8.56. The van der Waals surface area contributed by atoms with Gasteiger partial charge >= 0.3 is 5.91 Å². The van der Waals surface area contributed by atoms with Gasteiger partial charge in [-0.25, -0.2) is 0 Å². The van der Waals surface area contributed by atoms with Crippen LogP contribution in [-0.2, 0) is 4.79 Å². The molecular weight excluding hydrogens is 386 g/mol. The van der Waals surface area contributed by atoms with E-state index in [1.54, 1.807) is 16.8 Å². The number of benzene rings is 3. The molecule has 0 aromatic heterocycles. The minimum absolute atomic E-state index is 0.240. The van der Waals surface area contributed by atoms with Crippen LogP contribution in [0.25, 0.3) is 0 Å². The standard InChI is InChI=1S/C26H25N3O2/c1-17-8-12-20(13-9-17)24-23(27-25(30)21-14-10-18(2)11-15-21)26(31)28-29(24)16-22-7-5-4-6-19(22)3/h4-16,23-24H,1-3H3,(H-,27,28,30,31)/p+1/b29-16-/t23-,24-/m1/s1. The molecule has 5 nitrogen and oxygen atoms in total. The van der Waals surface area contributed by atoms with E-state index >= 15 is 0 Å². The van der Waals surface area contributed by atoms with Crippen LogP contribution in [0.5, 0.6) is 0 Å². The van der Waals surface area contributed by atoms with Gasteiger partial charge in [0.1, 0.15) is 0 Å². The molecule has 0 aliphatic carbocycles. The summed E-state index contributed by atoms with van der Waals surface area (Å²) in [7, 11) is 0. The molecule has 1 heterocycles. The van der Waals surface area contributed by atoms with Crippen molar-refractivity contribution in [3.8, 4) is 0 Å². The van der Waals surface area contributed by atoms with Gasteiger partial charge in [-0.2, -0.15) is 0 Å². The Morgan fingerprint density at radius 1 is 0.903 bits per heavy atom. The lowest BCUT2D eigenvalue weighted by Crippen LogP contribution is -2.42. The fourth-order valence-corrected chi connectivity index (χ4v) is 3.76. The van der Waals surface area contributed by atoms with Gasteiger partial charge in [0.2, 0.25) is 12.3 Å². The first-order valence-corrected chi connectivity index (χ1v) is 10.4. The molecule has 0 unspecified atom stereocenters. The van der Waals surface area contributed by atoms with Crippen LogP contribution < -0.4 is 10.7 Å². The Bertz CT molecular complexity index is 1150. The summed E-state index contributed by atoms with van der Waals surface area (Å²) in [4.78, 5) is 25.8. The SMILES string of the molecule is Cc1ccc(C(=O)N[C@H]2C(=O)N/[N+](=C\c3ccccc3C)[C@@H]2c2ccc(C)cc2)cc1. The van der Waals surface area contributed by atoms with Gasteiger partial charge in [0.15, 0.2) is 6.04 Å². The van der Waals surface area contributed by atoms with E-state index in [1.165, 1.54) is 0 Å². The van der Waals surface area contributed by atoms with Crippen molar-refractivity contribution in [2.75, 3.05) is 0 Å². The van der Waals surface area contributed by atoms with E-state index in [0.717, 1.165) is 27.8 Å². The van der Waals surface area contributed by atoms with Crippen molar-refractivity contribution in [1.82, 2.24) is 10.7 Å². The number of hydrogen-bond acceptors (Lipinski definition) is 2. The van der Waals surface area contributed by atoms with Gasteiger partial charge in [-0.3, -0.25) is 9.59 Å². The third kappa shape index (κ3) is 4.40. The zero-order valence-corrected chi connectivity index (χ0v) is 17.9. The van der Waals surface area contributed by atoms with Gasteiger partial charge < -0.3 is 5.32 Å². The maximum Gasteiger partial charge on any atom is 0.304 e. The molecule has 1 aliphatic heterocycles. The summed E-state index contributed by atoms with van der Waals surface area (Å²) in [6, 6.07) is 22.3. The van der Waals surface area contributed by atoms with Gasteiger partial charge in [-0.05, 0) is 44.5 Å². The fourth-order valence-electron chi connectivity index (χ4n) is 3.76. The van der Waals surface area contributed by atoms with E-state index < -0.39 is 6.04 Å². The Hall–Kier alpha value is -3.73. The molecule has 1 saturated heterocycles. The largest absolute Gasteiger partial charge is 0.334 e. The van der Waals surface area contributed by atoms with Gasteiger partial charge in [-0.1, -0.05) is 65.7 Å². The van der Waals surface area contributed by atoms with Crippen molar-refractivity contribution in [3.63, 3.8) is 0 Å². The molecule has 31 heavy (non-hydrogen) atoms.